The molecule has 0 saturated heterocycles. The lowest BCUT2D eigenvalue weighted by molar-refractivity contribution is 0.534. The van der Waals surface area contributed by atoms with Crippen molar-refractivity contribution in [1.29, 1.82) is 0 Å². The van der Waals surface area contributed by atoms with E-state index in [0.717, 1.165) is 0 Å². The molecule has 0 amide bonds. The third-order valence-electron chi connectivity index (χ3n) is 2.06. The van der Waals surface area contributed by atoms with E-state index in [1.54, 1.807) is 0 Å². The quantitative estimate of drug-likeness (QED) is 0.547. The average molecular weight is 99.2 g/mol. The van der Waals surface area contributed by atoms with Crippen molar-refractivity contribution in [2.45, 2.75) is 31.7 Å². The Morgan fingerprint density at radius 2 is 2.14 bits per heavy atom. The van der Waals surface area contributed by atoms with Gasteiger partial charge in [0, 0.05) is 5.54 Å². The molecule has 0 bridgehead atoms. The van der Waals surface area contributed by atoms with Gasteiger partial charge in [-0.2, -0.15) is 0 Å². The molecule has 0 unspecified atom stereocenters. The highest BCUT2D eigenvalue weighted by atomic mass is 15.0. The fraction of sp³-hybridized carbons (Fsp3) is 1.00. The number of hydrogen-bond acceptors (Lipinski definition) is 1. The van der Waals surface area contributed by atoms with Crippen LogP contribution in [-0.4, -0.2) is 12.6 Å². The molecule has 1 rings (SSSR count). The summed E-state index contributed by atoms with van der Waals surface area (Å²) in [5.74, 6) is 0. The van der Waals surface area contributed by atoms with Crippen LogP contribution in [0.25, 0.3) is 0 Å². The molecular formula is C6H13N. The van der Waals surface area contributed by atoms with Crippen molar-refractivity contribution in [3.05, 3.63) is 0 Å². The summed E-state index contributed by atoms with van der Waals surface area (Å²) in [5, 5.41) is 3.30. The molecule has 7 heavy (non-hydrogen) atoms. The molecular weight excluding hydrogens is 86.1 g/mol. The van der Waals surface area contributed by atoms with E-state index in [2.05, 4.69) is 19.3 Å². The number of nitrogens with one attached hydrogen (secondary N) is 1. The van der Waals surface area contributed by atoms with Gasteiger partial charge in [-0.1, -0.05) is 6.92 Å². The van der Waals surface area contributed by atoms with Crippen LogP contribution in [0.3, 0.4) is 0 Å². The molecule has 0 atom stereocenters. The molecule has 1 N–H and O–H groups in total. The zero-order valence-corrected chi connectivity index (χ0v) is 5.12. The van der Waals surface area contributed by atoms with E-state index < -0.39 is 0 Å². The molecule has 0 aliphatic heterocycles. The summed E-state index contributed by atoms with van der Waals surface area (Å²) in [4.78, 5) is 0. The Bertz CT molecular complexity index is 58.6. The zero-order chi connectivity index (χ0) is 5.33. The normalized spacial score (nSPS) is 24.9. The second-order valence-electron chi connectivity index (χ2n) is 2.38. The molecule has 1 fully saturated rings. The molecule has 0 radical (unpaired) electrons. The fourth-order valence-corrected chi connectivity index (χ4v) is 0.931. The lowest BCUT2D eigenvalue weighted by atomic mass is 10.2. The van der Waals surface area contributed by atoms with Gasteiger partial charge in [-0.3, -0.25) is 0 Å². The average Bonchev–Trinajstić information content (AvgIpc) is 2.46. The third kappa shape index (κ3) is 0.778. The van der Waals surface area contributed by atoms with Gasteiger partial charge in [0.05, 0.1) is 0 Å². The van der Waals surface area contributed by atoms with Crippen molar-refractivity contribution >= 4 is 0 Å². The highest BCUT2D eigenvalue weighted by molar-refractivity contribution is 4.99. The SMILES string of the molecule is CCC1(NC)CC1. The van der Waals surface area contributed by atoms with E-state index >= 15 is 0 Å². The fourth-order valence-electron chi connectivity index (χ4n) is 0.931. The van der Waals surface area contributed by atoms with E-state index in [1.165, 1.54) is 19.3 Å². The minimum atomic E-state index is 0.583. The summed E-state index contributed by atoms with van der Waals surface area (Å²) in [7, 11) is 2.05. The Morgan fingerprint density at radius 1 is 1.57 bits per heavy atom. The molecule has 1 nitrogen and oxygen atoms in total. The van der Waals surface area contributed by atoms with Gasteiger partial charge in [-0.25, -0.2) is 0 Å². The Balaban J connectivity index is 2.28. The van der Waals surface area contributed by atoms with Crippen LogP contribution in [0.15, 0.2) is 0 Å². The van der Waals surface area contributed by atoms with Gasteiger partial charge in [0.2, 0.25) is 0 Å². The van der Waals surface area contributed by atoms with Crippen LogP contribution in [0.1, 0.15) is 26.2 Å². The molecule has 1 saturated carbocycles. The molecule has 1 aliphatic rings. The van der Waals surface area contributed by atoms with E-state index in [4.69, 9.17) is 0 Å². The molecule has 1 aliphatic carbocycles. The van der Waals surface area contributed by atoms with Gasteiger partial charge >= 0.3 is 0 Å². The van der Waals surface area contributed by atoms with E-state index in [-0.39, 0.29) is 0 Å². The monoisotopic (exact) mass is 99.1 g/mol. The molecule has 0 aromatic heterocycles. The Morgan fingerprint density at radius 3 is 2.14 bits per heavy atom. The molecule has 42 valence electrons. The summed E-state index contributed by atoms with van der Waals surface area (Å²) < 4.78 is 0. The van der Waals surface area contributed by atoms with E-state index in [9.17, 15) is 0 Å². The van der Waals surface area contributed by atoms with Gasteiger partial charge in [0.1, 0.15) is 0 Å². The van der Waals surface area contributed by atoms with E-state index in [0.29, 0.717) is 5.54 Å². The smallest absolute Gasteiger partial charge is 0.0177 e. The van der Waals surface area contributed by atoms with Crippen LogP contribution >= 0.6 is 0 Å². The summed E-state index contributed by atoms with van der Waals surface area (Å²) >= 11 is 0. The van der Waals surface area contributed by atoms with Crippen molar-refractivity contribution in [2.24, 2.45) is 0 Å². The minimum Gasteiger partial charge on any atom is -0.314 e. The van der Waals surface area contributed by atoms with Gasteiger partial charge in [0.25, 0.3) is 0 Å². The molecule has 0 heterocycles. The predicted molar refractivity (Wildman–Crippen MR) is 31.3 cm³/mol. The standard InChI is InChI=1S/C6H13N/c1-3-6(7-2)4-5-6/h7H,3-5H2,1-2H3. The largest absolute Gasteiger partial charge is 0.314 e. The van der Waals surface area contributed by atoms with Crippen LogP contribution in [0.5, 0.6) is 0 Å². The van der Waals surface area contributed by atoms with Crippen molar-refractivity contribution in [1.82, 2.24) is 5.32 Å². The maximum atomic E-state index is 3.30. The Labute approximate surface area is 45.1 Å². The maximum absolute atomic E-state index is 3.30. The van der Waals surface area contributed by atoms with Crippen molar-refractivity contribution in [3.63, 3.8) is 0 Å². The first-order valence-electron chi connectivity index (χ1n) is 3.02. The second kappa shape index (κ2) is 1.48. The second-order valence-corrected chi connectivity index (χ2v) is 2.38. The first kappa shape index (κ1) is 5.10. The molecule has 0 aromatic carbocycles. The van der Waals surface area contributed by atoms with Crippen molar-refractivity contribution < 1.29 is 0 Å². The topological polar surface area (TPSA) is 12.0 Å². The first-order valence-corrected chi connectivity index (χ1v) is 3.02. The van der Waals surface area contributed by atoms with Crippen molar-refractivity contribution in [3.8, 4) is 0 Å². The van der Waals surface area contributed by atoms with Gasteiger partial charge in [-0.05, 0) is 26.3 Å². The third-order valence-corrected chi connectivity index (χ3v) is 2.06. The number of rotatable bonds is 2. The van der Waals surface area contributed by atoms with E-state index in [1.807, 2.05) is 0 Å². The zero-order valence-electron chi connectivity index (χ0n) is 5.12. The molecule has 0 spiro atoms. The number of hydrogen-bond donors (Lipinski definition) is 1. The molecule has 0 aromatic rings. The Hall–Kier alpha value is -0.0400. The summed E-state index contributed by atoms with van der Waals surface area (Å²) in [6, 6.07) is 0. The first-order chi connectivity index (χ1) is 3.33. The summed E-state index contributed by atoms with van der Waals surface area (Å²) in [6.07, 6.45) is 4.07. The lowest BCUT2D eigenvalue weighted by Crippen LogP contribution is -2.25. The minimum absolute atomic E-state index is 0.583. The van der Waals surface area contributed by atoms with Gasteiger partial charge < -0.3 is 5.32 Å². The van der Waals surface area contributed by atoms with Crippen molar-refractivity contribution in [2.75, 3.05) is 7.05 Å². The molecule has 1 heteroatoms. The lowest BCUT2D eigenvalue weighted by Gasteiger charge is -2.07. The van der Waals surface area contributed by atoms with Crippen LogP contribution < -0.4 is 5.32 Å². The van der Waals surface area contributed by atoms with Crippen LogP contribution in [-0.2, 0) is 0 Å². The van der Waals surface area contributed by atoms with Crippen LogP contribution in [0, 0.1) is 0 Å². The highest BCUT2D eigenvalue weighted by Gasteiger charge is 2.38. The summed E-state index contributed by atoms with van der Waals surface area (Å²) in [6.45, 7) is 2.24. The summed E-state index contributed by atoms with van der Waals surface area (Å²) in [5.41, 5.74) is 0.583. The predicted octanol–water partition coefficient (Wildman–Crippen LogP) is 1.15. The Kier molecular flexibility index (Phi) is 1.08. The highest BCUT2D eigenvalue weighted by Crippen LogP contribution is 2.37. The maximum Gasteiger partial charge on any atom is 0.0177 e. The van der Waals surface area contributed by atoms with Gasteiger partial charge in [-0.15, -0.1) is 0 Å². The van der Waals surface area contributed by atoms with Gasteiger partial charge in [0.15, 0.2) is 0 Å². The van der Waals surface area contributed by atoms with Crippen LogP contribution in [0.4, 0.5) is 0 Å². The van der Waals surface area contributed by atoms with Crippen LogP contribution in [0.2, 0.25) is 0 Å².